The summed E-state index contributed by atoms with van der Waals surface area (Å²) in [4.78, 5) is 16.8. The number of fused-ring (bicyclic) bond motifs is 5. The third-order valence-corrected chi connectivity index (χ3v) is 5.08. The van der Waals surface area contributed by atoms with Gasteiger partial charge >= 0.3 is 0 Å². The zero-order chi connectivity index (χ0) is 17.7. The minimum absolute atomic E-state index is 0.0633. The molecule has 26 heavy (non-hydrogen) atoms. The van der Waals surface area contributed by atoms with Gasteiger partial charge in [0.05, 0.1) is 5.52 Å². The Bertz CT molecular complexity index is 1290. The highest BCUT2D eigenvalue weighted by molar-refractivity contribution is 6.25. The Hall–Kier alpha value is -3.39. The second-order valence-corrected chi connectivity index (χ2v) is 6.76. The van der Waals surface area contributed by atoms with Gasteiger partial charge in [-0.2, -0.15) is 0 Å². The van der Waals surface area contributed by atoms with E-state index in [1.54, 1.807) is 0 Å². The molecular formula is C24H17NO. The summed E-state index contributed by atoms with van der Waals surface area (Å²) >= 11 is 0. The van der Waals surface area contributed by atoms with Crippen LogP contribution in [-0.2, 0) is 0 Å². The second-order valence-electron chi connectivity index (χ2n) is 6.76. The smallest absolute Gasteiger partial charge is 0.193 e. The van der Waals surface area contributed by atoms with Gasteiger partial charge in [0.25, 0.3) is 0 Å². The lowest BCUT2D eigenvalue weighted by molar-refractivity contribution is 0.104. The van der Waals surface area contributed by atoms with E-state index in [4.69, 9.17) is 0 Å². The number of benzene rings is 4. The molecule has 0 spiro atoms. The molecule has 1 heterocycles. The van der Waals surface area contributed by atoms with Crippen LogP contribution < -0.4 is 0 Å². The number of aryl methyl sites for hydroxylation is 1. The predicted octanol–water partition coefficient (Wildman–Crippen LogP) is 6.01. The second kappa shape index (κ2) is 5.57. The number of H-pyrrole nitrogens is 1. The quantitative estimate of drug-likeness (QED) is 0.393. The van der Waals surface area contributed by atoms with Crippen molar-refractivity contribution in [3.63, 3.8) is 0 Å². The largest absolute Gasteiger partial charge is 0.354 e. The highest BCUT2D eigenvalue weighted by atomic mass is 16.1. The van der Waals surface area contributed by atoms with Gasteiger partial charge in [-0.3, -0.25) is 4.79 Å². The Morgan fingerprint density at radius 3 is 2.15 bits per heavy atom. The number of aromatic nitrogens is 1. The number of carbonyl (C=O) groups excluding carboxylic acids is 1. The van der Waals surface area contributed by atoms with Crippen LogP contribution in [0.15, 0.2) is 78.9 Å². The van der Waals surface area contributed by atoms with E-state index in [0.717, 1.165) is 49.3 Å². The Balaban J connectivity index is 1.87. The molecule has 0 saturated carbocycles. The maximum atomic E-state index is 13.3. The van der Waals surface area contributed by atoms with Crippen molar-refractivity contribution in [3.05, 3.63) is 95.6 Å². The van der Waals surface area contributed by atoms with E-state index in [-0.39, 0.29) is 5.78 Å². The number of hydrogen-bond donors (Lipinski definition) is 1. The van der Waals surface area contributed by atoms with Gasteiger partial charge in [0, 0.05) is 32.8 Å². The lowest BCUT2D eigenvalue weighted by atomic mass is 9.94. The number of para-hydroxylation sites is 1. The molecule has 0 fully saturated rings. The molecule has 2 heteroatoms. The van der Waals surface area contributed by atoms with Crippen molar-refractivity contribution in [2.24, 2.45) is 0 Å². The van der Waals surface area contributed by atoms with Crippen LogP contribution in [-0.4, -0.2) is 10.8 Å². The van der Waals surface area contributed by atoms with Crippen LogP contribution in [0.2, 0.25) is 0 Å². The van der Waals surface area contributed by atoms with Gasteiger partial charge in [-0.1, -0.05) is 72.3 Å². The van der Waals surface area contributed by atoms with E-state index >= 15 is 0 Å². The monoisotopic (exact) mass is 335 g/mol. The molecule has 0 saturated heterocycles. The number of carbonyl (C=O) groups is 1. The van der Waals surface area contributed by atoms with Gasteiger partial charge in [-0.25, -0.2) is 0 Å². The fourth-order valence-corrected chi connectivity index (χ4v) is 3.73. The standard InChI is InChI=1S/C24H17NO/c1-15-10-12-16(13-11-15)24(26)21-14-20-18-7-4-5-9-22(18)25-23(20)19-8-3-2-6-17(19)21/h2-14,25H,1H3. The van der Waals surface area contributed by atoms with Crippen LogP contribution >= 0.6 is 0 Å². The summed E-state index contributed by atoms with van der Waals surface area (Å²) in [6.45, 7) is 2.03. The average molecular weight is 335 g/mol. The first-order chi connectivity index (χ1) is 12.7. The van der Waals surface area contributed by atoms with Crippen LogP contribution in [0.25, 0.3) is 32.6 Å². The van der Waals surface area contributed by atoms with E-state index < -0.39 is 0 Å². The van der Waals surface area contributed by atoms with E-state index in [1.165, 1.54) is 0 Å². The summed E-state index contributed by atoms with van der Waals surface area (Å²) in [6.07, 6.45) is 0. The average Bonchev–Trinajstić information content (AvgIpc) is 3.06. The van der Waals surface area contributed by atoms with Crippen molar-refractivity contribution in [3.8, 4) is 0 Å². The van der Waals surface area contributed by atoms with Crippen LogP contribution in [0.1, 0.15) is 21.5 Å². The molecular weight excluding hydrogens is 318 g/mol. The summed E-state index contributed by atoms with van der Waals surface area (Å²) in [7, 11) is 0. The fraction of sp³-hybridized carbons (Fsp3) is 0.0417. The molecule has 4 aromatic carbocycles. The van der Waals surface area contributed by atoms with Crippen molar-refractivity contribution in [2.45, 2.75) is 6.92 Å². The van der Waals surface area contributed by atoms with Crippen molar-refractivity contribution in [1.82, 2.24) is 4.98 Å². The first-order valence-electron chi connectivity index (χ1n) is 8.76. The molecule has 2 nitrogen and oxygen atoms in total. The minimum Gasteiger partial charge on any atom is -0.354 e. The lowest BCUT2D eigenvalue weighted by Gasteiger charge is -2.08. The summed E-state index contributed by atoms with van der Waals surface area (Å²) in [5, 5.41) is 4.30. The summed E-state index contributed by atoms with van der Waals surface area (Å²) in [6, 6.07) is 26.2. The van der Waals surface area contributed by atoms with E-state index in [0.29, 0.717) is 0 Å². The third-order valence-electron chi connectivity index (χ3n) is 5.08. The number of aromatic amines is 1. The van der Waals surface area contributed by atoms with E-state index in [2.05, 4.69) is 23.2 Å². The zero-order valence-electron chi connectivity index (χ0n) is 14.4. The molecule has 0 amide bonds. The third kappa shape index (κ3) is 2.16. The topological polar surface area (TPSA) is 32.9 Å². The van der Waals surface area contributed by atoms with Gasteiger partial charge in [0.1, 0.15) is 0 Å². The number of hydrogen-bond acceptors (Lipinski definition) is 1. The fourth-order valence-electron chi connectivity index (χ4n) is 3.73. The van der Waals surface area contributed by atoms with Gasteiger partial charge in [-0.05, 0) is 24.4 Å². The van der Waals surface area contributed by atoms with Crippen molar-refractivity contribution in [1.29, 1.82) is 0 Å². The van der Waals surface area contributed by atoms with Gasteiger partial charge in [0.15, 0.2) is 5.78 Å². The van der Waals surface area contributed by atoms with Gasteiger partial charge < -0.3 is 4.98 Å². The van der Waals surface area contributed by atoms with Gasteiger partial charge in [-0.15, -0.1) is 0 Å². The predicted molar refractivity (Wildman–Crippen MR) is 108 cm³/mol. The molecule has 5 aromatic rings. The molecule has 1 aromatic heterocycles. The number of rotatable bonds is 2. The SMILES string of the molecule is Cc1ccc(C(=O)c2cc3c4ccccc4[nH]c3c3ccccc23)cc1. The first-order valence-corrected chi connectivity index (χ1v) is 8.76. The van der Waals surface area contributed by atoms with E-state index in [9.17, 15) is 4.79 Å². The Morgan fingerprint density at radius 2 is 1.38 bits per heavy atom. The molecule has 124 valence electrons. The minimum atomic E-state index is 0.0633. The highest BCUT2D eigenvalue weighted by Gasteiger charge is 2.17. The maximum Gasteiger partial charge on any atom is 0.193 e. The summed E-state index contributed by atoms with van der Waals surface area (Å²) < 4.78 is 0. The lowest BCUT2D eigenvalue weighted by Crippen LogP contribution is -2.02. The number of nitrogens with one attached hydrogen (secondary N) is 1. The highest BCUT2D eigenvalue weighted by Crippen LogP contribution is 2.34. The summed E-state index contributed by atoms with van der Waals surface area (Å²) in [5.41, 5.74) is 4.80. The molecule has 0 aliphatic rings. The maximum absolute atomic E-state index is 13.3. The van der Waals surface area contributed by atoms with E-state index in [1.807, 2.05) is 67.6 Å². The Labute approximate surface area is 151 Å². The Kier molecular flexibility index (Phi) is 3.19. The molecule has 0 aliphatic heterocycles. The first kappa shape index (κ1) is 14.9. The van der Waals surface area contributed by atoms with Crippen LogP contribution in [0, 0.1) is 6.92 Å². The molecule has 1 N–H and O–H groups in total. The van der Waals surface area contributed by atoms with Crippen LogP contribution in [0.3, 0.4) is 0 Å². The zero-order valence-corrected chi connectivity index (χ0v) is 14.4. The normalized spacial score (nSPS) is 11.4. The molecule has 5 rings (SSSR count). The molecule has 0 aliphatic carbocycles. The van der Waals surface area contributed by atoms with Crippen molar-refractivity contribution >= 4 is 38.4 Å². The molecule has 0 bridgehead atoms. The van der Waals surface area contributed by atoms with Crippen molar-refractivity contribution in [2.75, 3.05) is 0 Å². The van der Waals surface area contributed by atoms with Gasteiger partial charge in [0.2, 0.25) is 0 Å². The summed E-state index contributed by atoms with van der Waals surface area (Å²) in [5.74, 6) is 0.0633. The number of ketones is 1. The molecule has 0 unspecified atom stereocenters. The molecule has 0 atom stereocenters. The Morgan fingerprint density at radius 1 is 0.731 bits per heavy atom. The van der Waals surface area contributed by atoms with Crippen LogP contribution in [0.5, 0.6) is 0 Å². The van der Waals surface area contributed by atoms with Crippen LogP contribution in [0.4, 0.5) is 0 Å². The molecule has 0 radical (unpaired) electrons. The van der Waals surface area contributed by atoms with Crippen molar-refractivity contribution < 1.29 is 4.79 Å².